The maximum atomic E-state index is 11.2. The fourth-order valence-corrected chi connectivity index (χ4v) is 0.811. The third-order valence-electron chi connectivity index (χ3n) is 1.51. The van der Waals surface area contributed by atoms with Crippen molar-refractivity contribution in [3.8, 4) is 0 Å². The van der Waals surface area contributed by atoms with Crippen LogP contribution in [0.1, 0.15) is 13.3 Å². The molecule has 1 unspecified atom stereocenters. The number of hydrogen-bond donors (Lipinski definition) is 2. The van der Waals surface area contributed by atoms with Gasteiger partial charge in [0.25, 0.3) is 0 Å². The average molecular weight is 190 g/mol. The fourth-order valence-electron chi connectivity index (χ4n) is 0.811. The molecule has 0 spiro atoms. The second-order valence-electron chi connectivity index (χ2n) is 2.68. The molecule has 13 heavy (non-hydrogen) atoms. The molecule has 5 nitrogen and oxygen atoms in total. The van der Waals surface area contributed by atoms with E-state index in [4.69, 9.17) is 4.74 Å². The minimum atomic E-state index is -0.326. The molecule has 0 aromatic heterocycles. The van der Waals surface area contributed by atoms with E-state index in [9.17, 15) is 4.79 Å². The van der Waals surface area contributed by atoms with Crippen molar-refractivity contribution >= 4 is 5.91 Å². The number of carbonyl (C=O) groups is 1. The lowest BCUT2D eigenvalue weighted by atomic mass is 10.3. The number of hydroxylamine groups is 1. The van der Waals surface area contributed by atoms with Crippen molar-refractivity contribution < 1.29 is 14.4 Å². The number of ether oxygens (including phenoxy) is 1. The molecule has 0 aliphatic heterocycles. The van der Waals surface area contributed by atoms with Crippen molar-refractivity contribution in [3.63, 3.8) is 0 Å². The van der Waals surface area contributed by atoms with Crippen molar-refractivity contribution in [2.45, 2.75) is 19.4 Å². The Bertz CT molecular complexity index is 141. The second kappa shape index (κ2) is 7.97. The fraction of sp³-hybridized carbons (Fsp3) is 0.875. The van der Waals surface area contributed by atoms with E-state index in [1.165, 1.54) is 7.11 Å². The van der Waals surface area contributed by atoms with Crippen molar-refractivity contribution in [3.05, 3.63) is 0 Å². The largest absolute Gasteiger partial charge is 0.385 e. The summed E-state index contributed by atoms with van der Waals surface area (Å²) in [4.78, 5) is 15.8. The molecule has 0 radical (unpaired) electrons. The molecule has 1 amide bonds. The van der Waals surface area contributed by atoms with Gasteiger partial charge in [0, 0.05) is 20.3 Å². The van der Waals surface area contributed by atoms with Crippen LogP contribution >= 0.6 is 0 Å². The van der Waals surface area contributed by atoms with Gasteiger partial charge in [0.05, 0.1) is 7.11 Å². The van der Waals surface area contributed by atoms with Crippen molar-refractivity contribution in [1.29, 1.82) is 0 Å². The van der Waals surface area contributed by atoms with Crippen LogP contribution in [0.3, 0.4) is 0 Å². The molecule has 0 bridgehead atoms. The number of methoxy groups -OCH3 is 1. The second-order valence-corrected chi connectivity index (χ2v) is 2.68. The van der Waals surface area contributed by atoms with E-state index in [0.29, 0.717) is 13.2 Å². The summed E-state index contributed by atoms with van der Waals surface area (Å²) in [7, 11) is 3.12. The van der Waals surface area contributed by atoms with E-state index in [-0.39, 0.29) is 11.9 Å². The lowest BCUT2D eigenvalue weighted by Gasteiger charge is -2.11. The molecule has 0 aromatic rings. The molecular formula is C8H18N2O3. The van der Waals surface area contributed by atoms with Gasteiger partial charge < -0.3 is 14.9 Å². The van der Waals surface area contributed by atoms with Gasteiger partial charge >= 0.3 is 0 Å². The highest BCUT2D eigenvalue weighted by Gasteiger charge is 2.10. The minimum Gasteiger partial charge on any atom is -0.385 e. The summed E-state index contributed by atoms with van der Waals surface area (Å²) in [5.74, 6) is -0.0713. The first-order valence-electron chi connectivity index (χ1n) is 4.27. The summed E-state index contributed by atoms with van der Waals surface area (Å²) in [5, 5.41) is 2.74. The number of nitrogens with one attached hydrogen (secondary N) is 2. The molecule has 0 aliphatic rings. The third kappa shape index (κ3) is 6.51. The molecule has 0 saturated carbocycles. The van der Waals surface area contributed by atoms with Crippen LogP contribution in [0.4, 0.5) is 0 Å². The maximum Gasteiger partial charge on any atom is 0.239 e. The van der Waals surface area contributed by atoms with Crippen LogP contribution in [0.2, 0.25) is 0 Å². The number of hydrogen-bond acceptors (Lipinski definition) is 4. The Hall–Kier alpha value is -0.650. The Balaban J connectivity index is 3.38. The molecule has 1 atom stereocenters. The summed E-state index contributed by atoms with van der Waals surface area (Å²) < 4.78 is 4.84. The summed E-state index contributed by atoms with van der Waals surface area (Å²) in [6.07, 6.45) is 0.821. The van der Waals surface area contributed by atoms with Crippen LogP contribution in [0.25, 0.3) is 0 Å². The van der Waals surface area contributed by atoms with Crippen LogP contribution < -0.4 is 10.8 Å². The lowest BCUT2D eigenvalue weighted by molar-refractivity contribution is -0.125. The highest BCUT2D eigenvalue weighted by molar-refractivity contribution is 5.81. The first kappa shape index (κ1) is 12.3. The number of amides is 1. The Morgan fingerprint density at radius 1 is 1.46 bits per heavy atom. The SMILES string of the molecule is COCCCNC(=O)C(C)NOC. The normalized spacial score (nSPS) is 12.5. The summed E-state index contributed by atoms with van der Waals surface area (Å²) >= 11 is 0. The molecular weight excluding hydrogens is 172 g/mol. The van der Waals surface area contributed by atoms with Crippen molar-refractivity contribution in [2.24, 2.45) is 0 Å². The topological polar surface area (TPSA) is 59.6 Å². The van der Waals surface area contributed by atoms with Gasteiger partial charge in [-0.3, -0.25) is 4.79 Å². The zero-order valence-corrected chi connectivity index (χ0v) is 8.42. The number of carbonyl (C=O) groups excluding carboxylic acids is 1. The summed E-state index contributed by atoms with van der Waals surface area (Å²) in [6.45, 7) is 3.02. The molecule has 0 saturated heterocycles. The zero-order chi connectivity index (χ0) is 10.1. The Kier molecular flexibility index (Phi) is 7.57. The van der Waals surface area contributed by atoms with Crippen molar-refractivity contribution in [2.75, 3.05) is 27.4 Å². The van der Waals surface area contributed by atoms with Crippen LogP contribution in [0.5, 0.6) is 0 Å². The van der Waals surface area contributed by atoms with Gasteiger partial charge in [-0.1, -0.05) is 0 Å². The van der Waals surface area contributed by atoms with Gasteiger partial charge in [0.15, 0.2) is 0 Å². The smallest absolute Gasteiger partial charge is 0.239 e. The van der Waals surface area contributed by atoms with E-state index in [2.05, 4.69) is 15.6 Å². The van der Waals surface area contributed by atoms with Crippen LogP contribution in [0, 0.1) is 0 Å². The average Bonchev–Trinajstić information content (AvgIpc) is 2.12. The molecule has 5 heteroatoms. The summed E-state index contributed by atoms with van der Waals surface area (Å²) in [5.41, 5.74) is 2.54. The van der Waals surface area contributed by atoms with Gasteiger partial charge in [0.1, 0.15) is 6.04 Å². The van der Waals surface area contributed by atoms with E-state index >= 15 is 0 Å². The molecule has 0 heterocycles. The molecule has 0 fully saturated rings. The van der Waals surface area contributed by atoms with E-state index in [1.807, 2.05) is 0 Å². The molecule has 0 aromatic carbocycles. The Morgan fingerprint density at radius 3 is 2.69 bits per heavy atom. The van der Waals surface area contributed by atoms with E-state index in [0.717, 1.165) is 6.42 Å². The van der Waals surface area contributed by atoms with Crippen LogP contribution in [-0.4, -0.2) is 39.3 Å². The predicted molar refractivity (Wildman–Crippen MR) is 49.1 cm³/mol. The van der Waals surface area contributed by atoms with Gasteiger partial charge in [-0.25, -0.2) is 0 Å². The van der Waals surface area contributed by atoms with Gasteiger partial charge in [-0.05, 0) is 13.3 Å². The Labute approximate surface area is 78.7 Å². The first-order chi connectivity index (χ1) is 6.22. The Morgan fingerprint density at radius 2 is 2.15 bits per heavy atom. The van der Waals surface area contributed by atoms with Gasteiger partial charge in [0.2, 0.25) is 5.91 Å². The maximum absolute atomic E-state index is 11.2. The highest BCUT2D eigenvalue weighted by Crippen LogP contribution is 1.83. The number of rotatable bonds is 7. The predicted octanol–water partition coefficient (Wildman–Crippen LogP) is -0.321. The first-order valence-corrected chi connectivity index (χ1v) is 4.27. The monoisotopic (exact) mass is 190 g/mol. The molecule has 0 aliphatic carbocycles. The van der Waals surface area contributed by atoms with E-state index < -0.39 is 0 Å². The third-order valence-corrected chi connectivity index (χ3v) is 1.51. The summed E-state index contributed by atoms with van der Waals surface area (Å²) in [6, 6.07) is -0.326. The van der Waals surface area contributed by atoms with E-state index in [1.54, 1.807) is 14.0 Å². The molecule has 78 valence electrons. The van der Waals surface area contributed by atoms with Crippen LogP contribution in [-0.2, 0) is 14.4 Å². The van der Waals surface area contributed by atoms with Gasteiger partial charge in [-0.15, -0.1) is 0 Å². The minimum absolute atomic E-state index is 0.0713. The highest BCUT2D eigenvalue weighted by atomic mass is 16.6. The van der Waals surface area contributed by atoms with Crippen molar-refractivity contribution in [1.82, 2.24) is 10.8 Å². The quantitative estimate of drug-likeness (QED) is 0.426. The lowest BCUT2D eigenvalue weighted by Crippen LogP contribution is -2.42. The van der Waals surface area contributed by atoms with Gasteiger partial charge in [-0.2, -0.15) is 5.48 Å². The standard InChI is InChI=1S/C8H18N2O3/c1-7(10-13-3)8(11)9-5-4-6-12-2/h7,10H,4-6H2,1-3H3,(H,9,11). The molecule has 0 rings (SSSR count). The molecule has 2 N–H and O–H groups in total. The van der Waals surface area contributed by atoms with Crippen LogP contribution in [0.15, 0.2) is 0 Å². The zero-order valence-electron chi connectivity index (χ0n) is 8.42.